The van der Waals surface area contributed by atoms with Crippen molar-refractivity contribution >= 4 is 79.1 Å². The van der Waals surface area contributed by atoms with Crippen LogP contribution < -0.4 is 26.4 Å². The number of carbonyl (C=O) groups excluding carboxylic acids is 4. The van der Waals surface area contributed by atoms with Gasteiger partial charge in [0, 0.05) is 56.6 Å². The standard InChI is InChI=1S/C46H55N11O7S/c1-29-35-28-48-45(52-41(35)56(32-15-11-12-16-32)43(62)40(29)31(3)58)51-37-22-21-33(27-47-37)54-23-25-55(26-24-54)39(60)20-10-8-6-4-5-7-9-19-38(59)50-36-18-14-13-17-34(36)42(61)53-46-49-30(2)44(65-46)57(63)64/h13-14,17-18,21-22,27-28,32H,4-12,15-16,19-20,23-26H2,1-3H3,(H,50,59)(H,49,53,61)(H,47,48,51,52). The van der Waals surface area contributed by atoms with Crippen LogP contribution in [0.3, 0.4) is 0 Å². The molecule has 0 atom stereocenters. The number of thiazole rings is 1. The molecule has 4 aromatic heterocycles. The highest BCUT2D eigenvalue weighted by atomic mass is 32.1. The molecule has 2 fully saturated rings. The van der Waals surface area contributed by atoms with Crippen LogP contribution in [0.25, 0.3) is 11.0 Å². The number of carbonyl (C=O) groups is 4. The molecule has 7 rings (SSSR count). The number of hydrogen-bond donors (Lipinski definition) is 3. The number of rotatable bonds is 19. The third kappa shape index (κ3) is 11.4. The van der Waals surface area contributed by atoms with Crippen molar-refractivity contribution in [3.63, 3.8) is 0 Å². The molecule has 1 saturated heterocycles. The Balaban J connectivity index is 0.777. The fourth-order valence-corrected chi connectivity index (χ4v) is 9.44. The maximum absolute atomic E-state index is 13.6. The lowest BCUT2D eigenvalue weighted by atomic mass is 10.0. The quantitative estimate of drug-likeness (QED) is 0.0307. The SMILES string of the molecule is CC(=O)c1c(C)c2cnc(Nc3ccc(N4CCN(C(=O)CCCCCCCCCC(=O)Nc5ccccc5C(=O)Nc5nc(C)c([N+](=O)[O-])s5)CC4)cn3)nc2n(C2CCCC2)c1=O. The van der Waals surface area contributed by atoms with Gasteiger partial charge in [-0.1, -0.05) is 57.1 Å². The van der Waals surface area contributed by atoms with Crippen LogP contribution in [0.5, 0.6) is 0 Å². The highest BCUT2D eigenvalue weighted by molar-refractivity contribution is 7.19. The predicted molar refractivity (Wildman–Crippen MR) is 250 cm³/mol. The molecule has 1 aliphatic heterocycles. The lowest BCUT2D eigenvalue weighted by molar-refractivity contribution is -0.380. The van der Waals surface area contributed by atoms with E-state index in [9.17, 15) is 34.1 Å². The van der Waals surface area contributed by atoms with Gasteiger partial charge in [-0.3, -0.25) is 44.0 Å². The first-order valence-electron chi connectivity index (χ1n) is 22.4. The number of aryl methyl sites for hydroxylation is 2. The van der Waals surface area contributed by atoms with E-state index in [0.717, 1.165) is 81.2 Å². The van der Waals surface area contributed by atoms with E-state index >= 15 is 0 Å². The van der Waals surface area contributed by atoms with Gasteiger partial charge in [0.2, 0.25) is 17.8 Å². The Kier molecular flexibility index (Phi) is 15.2. The number of Topliss-reactive ketones (excluding diaryl/α,β-unsaturated/α-hetero) is 1. The molecular formula is C46H55N11O7S. The zero-order valence-electron chi connectivity index (χ0n) is 37.1. The molecule has 3 N–H and O–H groups in total. The lowest BCUT2D eigenvalue weighted by Gasteiger charge is -2.36. The van der Waals surface area contributed by atoms with Gasteiger partial charge in [0.1, 0.15) is 17.2 Å². The number of aromatic nitrogens is 5. The maximum Gasteiger partial charge on any atom is 0.348 e. The van der Waals surface area contributed by atoms with E-state index in [2.05, 4.69) is 35.8 Å². The number of piperazine rings is 1. The van der Waals surface area contributed by atoms with E-state index in [1.165, 1.54) is 13.8 Å². The van der Waals surface area contributed by atoms with E-state index in [1.807, 2.05) is 17.0 Å². The van der Waals surface area contributed by atoms with Crippen molar-refractivity contribution in [3.05, 3.63) is 91.6 Å². The number of fused-ring (bicyclic) bond motifs is 1. The molecule has 0 unspecified atom stereocenters. The van der Waals surface area contributed by atoms with E-state index in [-0.39, 0.29) is 56.2 Å². The number of benzene rings is 1. The Morgan fingerprint density at radius 3 is 2.20 bits per heavy atom. The number of hydrogen-bond acceptors (Lipinski definition) is 14. The van der Waals surface area contributed by atoms with Crippen molar-refractivity contribution in [2.45, 2.75) is 110 Å². The molecule has 5 aromatic rings. The minimum atomic E-state index is -0.539. The van der Waals surface area contributed by atoms with Crippen LogP contribution in [0, 0.1) is 24.0 Å². The van der Waals surface area contributed by atoms with Gasteiger partial charge in [0.05, 0.1) is 33.6 Å². The van der Waals surface area contributed by atoms with E-state index in [0.29, 0.717) is 79.5 Å². The van der Waals surface area contributed by atoms with Crippen LogP contribution in [0.4, 0.5) is 33.3 Å². The van der Waals surface area contributed by atoms with Gasteiger partial charge >= 0.3 is 5.00 Å². The molecule has 0 spiro atoms. The first kappa shape index (κ1) is 46.4. The molecular weight excluding hydrogens is 851 g/mol. The van der Waals surface area contributed by atoms with Gasteiger partial charge in [-0.25, -0.2) is 15.0 Å². The number of anilines is 5. The average molecular weight is 906 g/mol. The normalized spacial score (nSPS) is 14.1. The van der Waals surface area contributed by atoms with Gasteiger partial charge in [0.25, 0.3) is 11.5 Å². The Bertz CT molecular complexity index is 2620. The topological polar surface area (TPSA) is 228 Å². The maximum atomic E-state index is 13.6. The monoisotopic (exact) mass is 905 g/mol. The molecule has 342 valence electrons. The number of unbranched alkanes of at least 4 members (excludes halogenated alkanes) is 6. The van der Waals surface area contributed by atoms with E-state index < -0.39 is 10.8 Å². The third-order valence-electron chi connectivity index (χ3n) is 12.1. The average Bonchev–Trinajstić information content (AvgIpc) is 3.96. The molecule has 2 aliphatic rings. The third-order valence-corrected chi connectivity index (χ3v) is 13.2. The van der Waals surface area contributed by atoms with E-state index in [4.69, 9.17) is 4.98 Å². The van der Waals surface area contributed by atoms with Crippen LogP contribution in [0.15, 0.2) is 53.6 Å². The molecule has 1 aliphatic carbocycles. The predicted octanol–water partition coefficient (Wildman–Crippen LogP) is 8.28. The van der Waals surface area contributed by atoms with Gasteiger partial charge in [-0.05, 0) is 87.6 Å². The minimum absolute atomic E-state index is 0.00758. The molecule has 18 nitrogen and oxygen atoms in total. The Labute approximate surface area is 380 Å². The summed E-state index contributed by atoms with van der Waals surface area (Å²) in [5.74, 6) is 0.0767. The summed E-state index contributed by atoms with van der Waals surface area (Å²) in [6.07, 6.45) is 14.5. The van der Waals surface area contributed by atoms with Crippen molar-refractivity contribution < 1.29 is 24.1 Å². The van der Waals surface area contributed by atoms with Crippen LogP contribution in [0.2, 0.25) is 0 Å². The number of nitro groups is 1. The highest BCUT2D eigenvalue weighted by Crippen LogP contribution is 2.33. The van der Waals surface area contributed by atoms with Crippen LogP contribution in [0.1, 0.15) is 128 Å². The Hall–Kier alpha value is -6.63. The van der Waals surface area contributed by atoms with Crippen LogP contribution >= 0.6 is 11.3 Å². The first-order chi connectivity index (χ1) is 31.4. The number of para-hydroxylation sites is 1. The second-order valence-corrected chi connectivity index (χ2v) is 17.7. The molecule has 3 amide bonds. The fourth-order valence-electron chi connectivity index (χ4n) is 8.67. The summed E-state index contributed by atoms with van der Waals surface area (Å²) in [7, 11) is 0. The molecule has 65 heavy (non-hydrogen) atoms. The Morgan fingerprint density at radius 2 is 1.54 bits per heavy atom. The second-order valence-electron chi connectivity index (χ2n) is 16.7. The first-order valence-corrected chi connectivity index (χ1v) is 23.2. The van der Waals surface area contributed by atoms with Gasteiger partial charge < -0.3 is 20.4 Å². The molecule has 1 aromatic carbocycles. The summed E-state index contributed by atoms with van der Waals surface area (Å²) in [4.78, 5) is 97.4. The van der Waals surface area contributed by atoms with E-state index in [1.54, 1.807) is 48.1 Å². The number of ketones is 1. The number of pyridine rings is 2. The summed E-state index contributed by atoms with van der Waals surface area (Å²) >= 11 is 0.779. The number of nitrogens with zero attached hydrogens (tertiary/aromatic N) is 8. The Morgan fingerprint density at radius 1 is 0.846 bits per heavy atom. The molecule has 1 saturated carbocycles. The fraction of sp³-hybridized carbons (Fsp3) is 0.457. The lowest BCUT2D eigenvalue weighted by Crippen LogP contribution is -2.48. The summed E-state index contributed by atoms with van der Waals surface area (Å²) in [5.41, 5.74) is 2.80. The summed E-state index contributed by atoms with van der Waals surface area (Å²) in [5, 5.41) is 20.4. The molecule has 0 bridgehead atoms. The van der Waals surface area contributed by atoms with Crippen LogP contribution in [-0.4, -0.2) is 84.0 Å². The van der Waals surface area contributed by atoms with Gasteiger partial charge in [0.15, 0.2) is 10.9 Å². The summed E-state index contributed by atoms with van der Waals surface area (Å²) in [6, 6.07) is 10.4. The summed E-state index contributed by atoms with van der Waals surface area (Å²) < 4.78 is 1.70. The van der Waals surface area contributed by atoms with Crippen molar-refractivity contribution in [2.75, 3.05) is 47.0 Å². The smallest absolute Gasteiger partial charge is 0.348 e. The zero-order valence-corrected chi connectivity index (χ0v) is 37.9. The highest BCUT2D eigenvalue weighted by Gasteiger charge is 2.27. The van der Waals surface area contributed by atoms with Gasteiger partial charge in [-0.15, -0.1) is 0 Å². The van der Waals surface area contributed by atoms with Crippen LogP contribution in [-0.2, 0) is 9.59 Å². The van der Waals surface area contributed by atoms with Crippen molar-refractivity contribution in [2.24, 2.45) is 0 Å². The van der Waals surface area contributed by atoms with Crippen molar-refractivity contribution in [3.8, 4) is 0 Å². The molecule has 0 radical (unpaired) electrons. The molecule has 5 heterocycles. The molecule has 19 heteroatoms. The minimum Gasteiger partial charge on any atom is -0.367 e. The number of amides is 3. The van der Waals surface area contributed by atoms with Crippen molar-refractivity contribution in [1.29, 1.82) is 0 Å². The zero-order chi connectivity index (χ0) is 46.0. The van der Waals surface area contributed by atoms with Crippen molar-refractivity contribution in [1.82, 2.24) is 29.4 Å². The number of nitrogens with one attached hydrogen (secondary N) is 3. The summed E-state index contributed by atoms with van der Waals surface area (Å²) in [6.45, 7) is 7.40. The van der Waals surface area contributed by atoms with Gasteiger partial charge in [-0.2, -0.15) is 4.98 Å². The largest absolute Gasteiger partial charge is 0.367 e. The second kappa shape index (κ2) is 21.4.